The first-order valence-electron chi connectivity index (χ1n) is 11.0. The normalized spacial score (nSPS) is 11.4. The molecule has 34 heavy (non-hydrogen) atoms. The number of nitrogens with zero attached hydrogens (tertiary/aromatic N) is 6. The van der Waals surface area contributed by atoms with E-state index in [0.29, 0.717) is 16.7 Å². The summed E-state index contributed by atoms with van der Waals surface area (Å²) in [5.41, 5.74) is 7.39. The van der Waals surface area contributed by atoms with Crippen LogP contribution in [0.5, 0.6) is 10.9 Å². The second kappa shape index (κ2) is 10.2. The van der Waals surface area contributed by atoms with E-state index in [4.69, 9.17) is 4.74 Å². The zero-order valence-corrected chi connectivity index (χ0v) is 22.3. The van der Waals surface area contributed by atoms with Gasteiger partial charge in [0.15, 0.2) is 5.82 Å². The molecule has 0 saturated carbocycles. The summed E-state index contributed by atoms with van der Waals surface area (Å²) in [5.74, 6) is 1.32. The summed E-state index contributed by atoms with van der Waals surface area (Å²) in [6.45, 7) is 15.6. The van der Waals surface area contributed by atoms with E-state index in [1.165, 1.54) is 28.4 Å². The number of benzene rings is 1. The van der Waals surface area contributed by atoms with Crippen LogP contribution in [0, 0.1) is 27.7 Å². The third-order valence-electron chi connectivity index (χ3n) is 5.85. The van der Waals surface area contributed by atoms with E-state index in [2.05, 4.69) is 82.6 Å². The van der Waals surface area contributed by atoms with Gasteiger partial charge in [-0.3, -0.25) is 4.98 Å². The monoisotopic (exact) mass is 498 g/mol. The molecule has 4 rings (SSSR count). The lowest BCUT2D eigenvalue weighted by atomic mass is 9.93. The number of hydrogen-bond donors (Lipinski definition) is 0. The first-order chi connectivity index (χ1) is 15.6. The number of imidazole rings is 1. The molecular formula is C25H31ClN6OS. The van der Waals surface area contributed by atoms with Gasteiger partial charge in [-0.05, 0) is 56.9 Å². The van der Waals surface area contributed by atoms with Gasteiger partial charge in [-0.25, -0.2) is 9.97 Å². The van der Waals surface area contributed by atoms with Gasteiger partial charge in [0.2, 0.25) is 0 Å². The molecular weight excluding hydrogens is 468 g/mol. The lowest BCUT2D eigenvalue weighted by Crippen LogP contribution is -2.13. The molecule has 0 aliphatic carbocycles. The second-order valence-electron chi connectivity index (χ2n) is 9.43. The average Bonchev–Trinajstić information content (AvgIpc) is 3.36. The van der Waals surface area contributed by atoms with Crippen LogP contribution in [0.1, 0.15) is 54.5 Å². The lowest BCUT2D eigenvalue weighted by Gasteiger charge is -2.16. The van der Waals surface area contributed by atoms with E-state index < -0.39 is 0 Å². The Kier molecular flexibility index (Phi) is 7.73. The van der Waals surface area contributed by atoms with Crippen molar-refractivity contribution in [1.29, 1.82) is 0 Å². The molecule has 0 aliphatic heterocycles. The minimum atomic E-state index is -0.0482. The number of hydrogen-bond acceptors (Lipinski definition) is 7. The maximum absolute atomic E-state index is 6.09. The van der Waals surface area contributed by atoms with E-state index in [-0.39, 0.29) is 17.8 Å². The van der Waals surface area contributed by atoms with Gasteiger partial charge in [0.05, 0.1) is 23.9 Å². The van der Waals surface area contributed by atoms with Crippen molar-refractivity contribution in [3.05, 3.63) is 64.6 Å². The molecule has 0 fully saturated rings. The highest BCUT2D eigenvalue weighted by molar-refractivity contribution is 7.07. The Bertz CT molecular complexity index is 1270. The standard InChI is InChI=1S/C25H30N6OS.ClH/c1-15-11-21(16(2)10-19(15)8-9-31-14-28-17(3)18(31)4)32-24-29-23(30-33-24)20-12-27-22(13-26-20)25(5,6)7;/h10-14H,8-9H2,1-7H3;1H. The van der Waals surface area contributed by atoms with Crippen molar-refractivity contribution in [3.8, 4) is 22.5 Å². The van der Waals surface area contributed by atoms with Crippen molar-refractivity contribution in [2.45, 2.75) is 66.8 Å². The molecule has 0 amide bonds. The van der Waals surface area contributed by atoms with E-state index in [1.54, 1.807) is 12.4 Å². The Labute approximate surface area is 211 Å². The van der Waals surface area contributed by atoms with Crippen molar-refractivity contribution in [3.63, 3.8) is 0 Å². The number of aryl methyl sites for hydroxylation is 5. The highest BCUT2D eigenvalue weighted by atomic mass is 35.5. The summed E-state index contributed by atoms with van der Waals surface area (Å²) in [6, 6.07) is 4.28. The number of halogens is 1. The van der Waals surface area contributed by atoms with Crippen molar-refractivity contribution in [2.24, 2.45) is 0 Å². The third kappa shape index (κ3) is 5.62. The fraction of sp³-hybridized carbons (Fsp3) is 0.400. The molecule has 3 heterocycles. The van der Waals surface area contributed by atoms with Gasteiger partial charge in [-0.2, -0.15) is 9.36 Å². The van der Waals surface area contributed by atoms with Gasteiger partial charge in [-0.1, -0.05) is 26.8 Å². The summed E-state index contributed by atoms with van der Waals surface area (Å²) >= 11 is 1.22. The van der Waals surface area contributed by atoms with Gasteiger partial charge < -0.3 is 9.30 Å². The van der Waals surface area contributed by atoms with Gasteiger partial charge in [0.25, 0.3) is 5.19 Å². The number of aromatic nitrogens is 6. The Hall–Kier alpha value is -2.84. The summed E-state index contributed by atoms with van der Waals surface area (Å²) in [6.07, 6.45) is 6.37. The number of ether oxygens (including phenoxy) is 1. The smallest absolute Gasteiger partial charge is 0.299 e. The van der Waals surface area contributed by atoms with Gasteiger partial charge in [0, 0.05) is 35.4 Å². The molecule has 0 bridgehead atoms. The minimum Gasteiger partial charge on any atom is -0.430 e. The van der Waals surface area contributed by atoms with Crippen LogP contribution in [-0.2, 0) is 18.4 Å². The maximum Gasteiger partial charge on any atom is 0.299 e. The van der Waals surface area contributed by atoms with Crippen molar-refractivity contribution in [2.75, 3.05) is 0 Å². The third-order valence-corrected chi connectivity index (χ3v) is 6.45. The van der Waals surface area contributed by atoms with Crippen LogP contribution in [0.4, 0.5) is 0 Å². The van der Waals surface area contributed by atoms with Gasteiger partial charge in [-0.15, -0.1) is 12.4 Å². The summed E-state index contributed by atoms with van der Waals surface area (Å²) < 4.78 is 12.7. The van der Waals surface area contributed by atoms with Crippen molar-refractivity contribution < 1.29 is 4.74 Å². The van der Waals surface area contributed by atoms with Crippen LogP contribution in [0.25, 0.3) is 11.5 Å². The van der Waals surface area contributed by atoms with Crippen LogP contribution >= 0.6 is 23.9 Å². The molecule has 4 aromatic rings. The SMILES string of the molecule is Cc1cc(Oc2nc(-c3cnc(C(C)(C)C)cn3)ns2)c(C)cc1CCn1cnc(C)c1C.Cl. The first-order valence-corrected chi connectivity index (χ1v) is 11.8. The highest BCUT2D eigenvalue weighted by Gasteiger charge is 2.17. The Morgan fingerprint density at radius 2 is 1.74 bits per heavy atom. The zero-order valence-electron chi connectivity index (χ0n) is 20.7. The average molecular weight is 499 g/mol. The van der Waals surface area contributed by atoms with E-state index in [9.17, 15) is 0 Å². The zero-order chi connectivity index (χ0) is 23.8. The van der Waals surface area contributed by atoms with Crippen LogP contribution in [0.2, 0.25) is 0 Å². The minimum absolute atomic E-state index is 0. The molecule has 9 heteroatoms. The van der Waals surface area contributed by atoms with Crippen LogP contribution in [-0.4, -0.2) is 28.9 Å². The summed E-state index contributed by atoms with van der Waals surface area (Å²) in [7, 11) is 0. The molecule has 1 aromatic carbocycles. The molecule has 0 unspecified atom stereocenters. The fourth-order valence-corrected chi connectivity index (χ4v) is 4.07. The van der Waals surface area contributed by atoms with E-state index in [0.717, 1.165) is 35.7 Å². The molecule has 7 nitrogen and oxygen atoms in total. The Morgan fingerprint density at radius 1 is 0.971 bits per heavy atom. The van der Waals surface area contributed by atoms with E-state index >= 15 is 0 Å². The Balaban J connectivity index is 0.00000324. The quantitative estimate of drug-likeness (QED) is 0.316. The molecule has 0 atom stereocenters. The van der Waals surface area contributed by atoms with E-state index in [1.807, 2.05) is 13.3 Å². The van der Waals surface area contributed by atoms with Crippen LogP contribution in [0.15, 0.2) is 30.9 Å². The highest BCUT2D eigenvalue weighted by Crippen LogP contribution is 2.31. The molecule has 3 aromatic heterocycles. The molecule has 0 radical (unpaired) electrons. The second-order valence-corrected chi connectivity index (χ2v) is 10.1. The summed E-state index contributed by atoms with van der Waals surface area (Å²) in [4.78, 5) is 17.9. The lowest BCUT2D eigenvalue weighted by molar-refractivity contribution is 0.474. The molecule has 0 N–H and O–H groups in total. The van der Waals surface area contributed by atoms with Crippen LogP contribution in [0.3, 0.4) is 0 Å². The van der Waals surface area contributed by atoms with Crippen LogP contribution < -0.4 is 4.74 Å². The molecule has 0 aliphatic rings. The fourth-order valence-electron chi connectivity index (χ4n) is 3.52. The maximum atomic E-state index is 6.09. The summed E-state index contributed by atoms with van der Waals surface area (Å²) in [5, 5.41) is 0.492. The largest absolute Gasteiger partial charge is 0.430 e. The van der Waals surface area contributed by atoms with Crippen molar-refractivity contribution >= 4 is 23.9 Å². The van der Waals surface area contributed by atoms with Gasteiger partial charge in [0.1, 0.15) is 11.4 Å². The van der Waals surface area contributed by atoms with Gasteiger partial charge >= 0.3 is 0 Å². The Morgan fingerprint density at radius 3 is 2.35 bits per heavy atom. The molecule has 0 spiro atoms. The predicted molar refractivity (Wildman–Crippen MR) is 138 cm³/mol. The van der Waals surface area contributed by atoms with Crippen molar-refractivity contribution in [1.82, 2.24) is 28.9 Å². The number of rotatable bonds is 6. The molecule has 0 saturated heterocycles. The topological polar surface area (TPSA) is 78.6 Å². The first kappa shape index (κ1) is 25.8. The predicted octanol–water partition coefficient (Wildman–Crippen LogP) is 6.18. The molecule has 180 valence electrons.